The van der Waals surface area contributed by atoms with Crippen molar-refractivity contribution in [2.24, 2.45) is 11.1 Å². The Bertz CT molecular complexity index is 1000. The molecule has 0 saturated carbocycles. The molecule has 2 aromatic carbocycles. The number of morpholine rings is 1. The summed E-state index contributed by atoms with van der Waals surface area (Å²) in [4.78, 5) is 13.2. The molecule has 1 aliphatic heterocycles. The number of hydrogen-bond acceptors (Lipinski definition) is 6. The molecular weight excluding hydrogens is 467 g/mol. The van der Waals surface area contributed by atoms with E-state index in [0.29, 0.717) is 17.9 Å². The van der Waals surface area contributed by atoms with Crippen molar-refractivity contribution in [1.29, 1.82) is 0 Å². The van der Waals surface area contributed by atoms with Gasteiger partial charge in [-0.15, -0.1) is 0 Å². The molecule has 1 amide bonds. The van der Waals surface area contributed by atoms with Crippen molar-refractivity contribution in [3.8, 4) is 5.75 Å². The number of aliphatic hydroxyl groups excluding tert-OH is 1. The molecule has 0 radical (unpaired) electrons. The predicted octanol–water partition coefficient (Wildman–Crippen LogP) is 3.79. The van der Waals surface area contributed by atoms with Crippen LogP contribution in [0.2, 0.25) is 0 Å². The van der Waals surface area contributed by atoms with Crippen LogP contribution in [0, 0.1) is 11.2 Å². The first kappa shape index (κ1) is 27.9. The van der Waals surface area contributed by atoms with E-state index >= 15 is 0 Å². The lowest BCUT2D eigenvalue weighted by molar-refractivity contribution is -0.231. The second-order valence-corrected chi connectivity index (χ2v) is 10.5. The summed E-state index contributed by atoms with van der Waals surface area (Å²) in [5.74, 6) is -0.144. The van der Waals surface area contributed by atoms with Crippen LogP contribution in [0.4, 0.5) is 9.18 Å². The summed E-state index contributed by atoms with van der Waals surface area (Å²) < 4.78 is 31.6. The van der Waals surface area contributed by atoms with Crippen molar-refractivity contribution in [3.05, 3.63) is 65.5 Å². The van der Waals surface area contributed by atoms with Crippen LogP contribution in [-0.2, 0) is 22.5 Å². The fraction of sp³-hybridized carbons (Fsp3) is 0.519. The molecule has 0 aromatic heterocycles. The summed E-state index contributed by atoms with van der Waals surface area (Å²) in [6.45, 7) is 8.28. The zero-order chi connectivity index (χ0) is 26.5. The van der Waals surface area contributed by atoms with Crippen LogP contribution in [0.25, 0.3) is 0 Å². The summed E-state index contributed by atoms with van der Waals surface area (Å²) in [5, 5.41) is 20.9. The number of benzene rings is 2. The summed E-state index contributed by atoms with van der Waals surface area (Å²) in [7, 11) is 0. The molecule has 1 fully saturated rings. The van der Waals surface area contributed by atoms with Crippen molar-refractivity contribution >= 4 is 6.09 Å². The Morgan fingerprint density at radius 3 is 2.56 bits per heavy atom. The monoisotopic (exact) mass is 504 g/mol. The minimum Gasteiger partial charge on any atom is -0.489 e. The highest BCUT2D eigenvalue weighted by molar-refractivity contribution is 5.66. The smallest absolute Gasteiger partial charge is 0.408 e. The van der Waals surface area contributed by atoms with Gasteiger partial charge in [-0.1, -0.05) is 51.1 Å². The second kappa shape index (κ2) is 12.0. The normalized spacial score (nSPS) is 22.2. The maximum Gasteiger partial charge on any atom is 0.408 e. The average Bonchev–Trinajstić information content (AvgIpc) is 2.80. The Balaban J connectivity index is 1.66. The van der Waals surface area contributed by atoms with Crippen LogP contribution in [-0.4, -0.2) is 64.9 Å². The molecule has 0 spiro atoms. The number of hydrogen-bond donors (Lipinski definition) is 3. The Morgan fingerprint density at radius 1 is 1.22 bits per heavy atom. The van der Waals surface area contributed by atoms with Crippen LogP contribution in [0.15, 0.2) is 48.5 Å². The van der Waals surface area contributed by atoms with E-state index in [1.807, 2.05) is 51.1 Å². The van der Waals surface area contributed by atoms with Gasteiger partial charge in [0.25, 0.3) is 0 Å². The van der Waals surface area contributed by atoms with Gasteiger partial charge in [0.2, 0.25) is 0 Å². The van der Waals surface area contributed by atoms with Crippen LogP contribution in [0.5, 0.6) is 5.75 Å². The maximum atomic E-state index is 14.3. The van der Waals surface area contributed by atoms with Gasteiger partial charge in [0.05, 0.1) is 31.4 Å². The van der Waals surface area contributed by atoms with Gasteiger partial charge < -0.3 is 30.2 Å². The van der Waals surface area contributed by atoms with Gasteiger partial charge in [-0.25, -0.2) is 9.18 Å². The fourth-order valence-electron chi connectivity index (χ4n) is 4.19. The van der Waals surface area contributed by atoms with Crippen molar-refractivity contribution in [2.75, 3.05) is 13.2 Å². The van der Waals surface area contributed by atoms with Gasteiger partial charge >= 0.3 is 6.09 Å². The number of halogens is 1. The summed E-state index contributed by atoms with van der Waals surface area (Å²) in [5.41, 5.74) is 7.64. The van der Waals surface area contributed by atoms with Crippen LogP contribution < -0.4 is 10.5 Å². The molecule has 0 aliphatic carbocycles. The Morgan fingerprint density at radius 2 is 1.92 bits per heavy atom. The minimum absolute atomic E-state index is 0.0745. The van der Waals surface area contributed by atoms with Crippen molar-refractivity contribution in [2.45, 2.75) is 71.2 Å². The third-order valence-corrected chi connectivity index (χ3v) is 6.01. The molecule has 1 saturated heterocycles. The summed E-state index contributed by atoms with van der Waals surface area (Å²) >= 11 is 0. The zero-order valence-electron chi connectivity index (χ0n) is 21.3. The number of carbonyl (C=O) groups is 1. The third kappa shape index (κ3) is 7.64. The van der Waals surface area contributed by atoms with Gasteiger partial charge in [0.15, 0.2) is 6.29 Å². The molecule has 9 heteroatoms. The quantitative estimate of drug-likeness (QED) is 0.476. The van der Waals surface area contributed by atoms with E-state index in [9.17, 15) is 19.4 Å². The van der Waals surface area contributed by atoms with Gasteiger partial charge in [0.1, 0.15) is 18.2 Å². The largest absolute Gasteiger partial charge is 0.489 e. The Hall–Kier alpha value is -2.72. The lowest BCUT2D eigenvalue weighted by atomic mass is 9.94. The molecule has 198 valence electrons. The van der Waals surface area contributed by atoms with Crippen molar-refractivity contribution < 1.29 is 33.6 Å². The lowest BCUT2D eigenvalue weighted by Crippen LogP contribution is -2.64. The first-order chi connectivity index (χ1) is 16.9. The molecular formula is C27H37FN2O6. The molecule has 2 aromatic rings. The third-order valence-electron chi connectivity index (χ3n) is 6.01. The molecule has 3 rings (SSSR count). The molecule has 4 N–H and O–H groups in total. The SMILES string of the molecule is C[C@H]1[C@H](OCC(C)(C)C)OC[C@H](C(O)C(N)Cc2cc(F)cc(OCc3ccccc3)c2)N1C(=O)O. The minimum atomic E-state index is -1.25. The number of rotatable bonds is 9. The van der Waals surface area contributed by atoms with E-state index in [4.69, 9.17) is 19.9 Å². The topological polar surface area (TPSA) is 114 Å². The highest BCUT2D eigenvalue weighted by Crippen LogP contribution is 2.26. The molecule has 1 aliphatic rings. The van der Waals surface area contributed by atoms with Gasteiger partial charge in [0, 0.05) is 12.1 Å². The first-order valence-electron chi connectivity index (χ1n) is 12.1. The number of amides is 1. The number of carboxylic acid groups (broad SMARTS) is 1. The molecule has 8 nitrogen and oxygen atoms in total. The highest BCUT2D eigenvalue weighted by atomic mass is 19.1. The second-order valence-electron chi connectivity index (χ2n) is 10.5. The average molecular weight is 505 g/mol. The van der Waals surface area contributed by atoms with E-state index in [0.717, 1.165) is 10.5 Å². The summed E-state index contributed by atoms with van der Waals surface area (Å²) in [6, 6.07) is 11.4. The molecule has 1 heterocycles. The van der Waals surface area contributed by atoms with E-state index in [1.54, 1.807) is 13.0 Å². The molecule has 2 unspecified atom stereocenters. The van der Waals surface area contributed by atoms with Crippen LogP contribution in [0.1, 0.15) is 38.8 Å². The molecule has 36 heavy (non-hydrogen) atoms. The first-order valence-corrected chi connectivity index (χ1v) is 12.1. The van der Waals surface area contributed by atoms with E-state index in [-0.39, 0.29) is 25.0 Å². The number of ether oxygens (including phenoxy) is 3. The van der Waals surface area contributed by atoms with E-state index < -0.39 is 42.4 Å². The van der Waals surface area contributed by atoms with Gasteiger partial charge in [-0.2, -0.15) is 0 Å². The van der Waals surface area contributed by atoms with E-state index in [2.05, 4.69) is 0 Å². The van der Waals surface area contributed by atoms with Crippen LogP contribution >= 0.6 is 0 Å². The van der Waals surface area contributed by atoms with Gasteiger partial charge in [-0.05, 0) is 42.0 Å². The van der Waals surface area contributed by atoms with Crippen molar-refractivity contribution in [1.82, 2.24) is 4.90 Å². The molecule has 0 bridgehead atoms. The number of nitrogens with zero attached hydrogens (tertiary/aromatic N) is 1. The Labute approximate surface area is 211 Å². The van der Waals surface area contributed by atoms with E-state index in [1.165, 1.54) is 12.1 Å². The highest BCUT2D eigenvalue weighted by Gasteiger charge is 2.44. The predicted molar refractivity (Wildman–Crippen MR) is 133 cm³/mol. The summed E-state index contributed by atoms with van der Waals surface area (Å²) in [6.07, 6.45) is -3.09. The standard InChI is InChI=1S/C27H37FN2O6/c1-17-25(36-16-27(2,3)4)35-15-23(30(17)26(32)33)24(31)22(29)12-19-10-20(28)13-21(11-19)34-14-18-8-6-5-7-9-18/h5-11,13,17,22-25,31H,12,14-16,29H2,1-4H3,(H,32,33)/t17-,22?,23+,24?,25-/m0/s1. The lowest BCUT2D eigenvalue weighted by Gasteiger charge is -2.45. The van der Waals surface area contributed by atoms with Gasteiger partial charge in [-0.3, -0.25) is 4.90 Å². The fourth-order valence-corrected chi connectivity index (χ4v) is 4.19. The Kier molecular flexibility index (Phi) is 9.30. The number of aliphatic hydroxyl groups is 1. The maximum absolute atomic E-state index is 14.3. The molecule has 5 atom stereocenters. The zero-order valence-corrected chi connectivity index (χ0v) is 21.3. The van der Waals surface area contributed by atoms with Crippen LogP contribution in [0.3, 0.4) is 0 Å². The number of nitrogens with two attached hydrogens (primary N) is 1. The van der Waals surface area contributed by atoms with Crippen molar-refractivity contribution in [3.63, 3.8) is 0 Å².